The predicted molar refractivity (Wildman–Crippen MR) is 446 cm³/mol. The molecule has 0 aromatic rings. The number of esters is 4. The molecule has 0 saturated heterocycles. The standard InChI is InChI=1S/C89H174O17P2/c1-9-79(5)65-57-49-41-35-29-25-21-17-13-15-19-23-27-31-39-45-55-63-71-88(93)105-84(75-99-86(91)69-61-53-44-38-34-33-37-43-51-59-67-81(7)11-3)77-103-107(95,96)101-73-83(90)74-102-108(97,98)104-78-85(76-100-87(92)70-62-54-48-47-52-60-68-82(8)12-4)106-89(94)72-64-56-46-40-32-28-24-20-16-14-18-22-26-30-36-42-50-58-66-80(6)10-2/h79-85,90H,9-78H2,1-8H3,(H,95,96)(H,97,98)/t79?,80?,81?,82?,83-,84-,85-/m1/s1. The van der Waals surface area contributed by atoms with Crippen molar-refractivity contribution in [2.24, 2.45) is 23.7 Å². The minimum atomic E-state index is -4.97. The van der Waals surface area contributed by atoms with Gasteiger partial charge in [0, 0.05) is 25.7 Å². The summed E-state index contributed by atoms with van der Waals surface area (Å²) in [6, 6.07) is 0. The number of phosphoric acid groups is 2. The van der Waals surface area contributed by atoms with Crippen molar-refractivity contribution in [1.29, 1.82) is 0 Å². The Bertz CT molecular complexity index is 2100. The number of unbranched alkanes of at least 4 members (excludes halogenated alkanes) is 48. The predicted octanol–water partition coefficient (Wildman–Crippen LogP) is 27.1. The van der Waals surface area contributed by atoms with E-state index in [9.17, 15) is 43.2 Å². The summed E-state index contributed by atoms with van der Waals surface area (Å²) in [4.78, 5) is 73.3. The Balaban J connectivity index is 5.19. The number of aliphatic hydroxyl groups is 1. The lowest BCUT2D eigenvalue weighted by molar-refractivity contribution is -0.161. The van der Waals surface area contributed by atoms with Gasteiger partial charge in [0.05, 0.1) is 26.4 Å². The van der Waals surface area contributed by atoms with Gasteiger partial charge in [0.25, 0.3) is 0 Å². The van der Waals surface area contributed by atoms with E-state index in [1.807, 2.05) is 0 Å². The van der Waals surface area contributed by atoms with E-state index in [-0.39, 0.29) is 25.7 Å². The van der Waals surface area contributed by atoms with Gasteiger partial charge in [0.1, 0.15) is 19.3 Å². The molecule has 0 aliphatic heterocycles. The molecule has 9 atom stereocenters. The van der Waals surface area contributed by atoms with Crippen LogP contribution in [-0.4, -0.2) is 96.7 Å². The third kappa shape index (κ3) is 76.7. The number of hydrogen-bond acceptors (Lipinski definition) is 15. The minimum Gasteiger partial charge on any atom is -0.462 e. The molecule has 0 rings (SSSR count). The highest BCUT2D eigenvalue weighted by atomic mass is 31.2. The van der Waals surface area contributed by atoms with Gasteiger partial charge in [-0.1, -0.05) is 415 Å². The summed E-state index contributed by atoms with van der Waals surface area (Å²) in [5.41, 5.74) is 0. The maximum Gasteiger partial charge on any atom is 0.472 e. The largest absolute Gasteiger partial charge is 0.472 e. The molecule has 6 unspecified atom stereocenters. The summed E-state index contributed by atoms with van der Waals surface area (Å²) in [6.07, 6.45) is 68.0. The maximum absolute atomic E-state index is 13.2. The number of ether oxygens (including phenoxy) is 4. The van der Waals surface area contributed by atoms with Gasteiger partial charge >= 0.3 is 39.5 Å². The van der Waals surface area contributed by atoms with Gasteiger partial charge in [0.2, 0.25) is 0 Å². The first-order valence-corrected chi connectivity index (χ1v) is 48.8. The van der Waals surface area contributed by atoms with Crippen molar-refractivity contribution < 1.29 is 80.2 Å². The number of carbonyl (C=O) groups excluding carboxylic acids is 4. The molecule has 0 aliphatic carbocycles. The smallest absolute Gasteiger partial charge is 0.462 e. The molecular weight excluding hydrogens is 1400 g/mol. The Labute approximate surface area is 664 Å². The van der Waals surface area contributed by atoms with Crippen LogP contribution in [0.2, 0.25) is 0 Å². The SMILES string of the molecule is CCC(C)CCCCCCCCCCCCCCCCCCCCC(=O)O[C@H](COC(=O)CCCCCCCCCCCCC(C)CC)COP(=O)(O)OC[C@@H](O)COP(=O)(O)OC[C@@H](COC(=O)CCCCCCCCC(C)CC)OC(=O)CCCCCCCCCCCCCCCCCCCCC(C)CC. The summed E-state index contributed by atoms with van der Waals surface area (Å²) >= 11 is 0. The van der Waals surface area contributed by atoms with Crippen LogP contribution in [0, 0.1) is 23.7 Å². The van der Waals surface area contributed by atoms with E-state index in [1.165, 1.54) is 263 Å². The fraction of sp³-hybridized carbons (Fsp3) is 0.955. The highest BCUT2D eigenvalue weighted by Crippen LogP contribution is 2.45. The molecule has 0 fully saturated rings. The van der Waals surface area contributed by atoms with Crippen LogP contribution in [0.15, 0.2) is 0 Å². The van der Waals surface area contributed by atoms with E-state index >= 15 is 0 Å². The summed E-state index contributed by atoms with van der Waals surface area (Å²) in [7, 11) is -9.93. The number of carbonyl (C=O) groups is 4. The van der Waals surface area contributed by atoms with Crippen LogP contribution in [0.5, 0.6) is 0 Å². The zero-order chi connectivity index (χ0) is 79.5. The lowest BCUT2D eigenvalue weighted by Crippen LogP contribution is -2.30. The highest BCUT2D eigenvalue weighted by molar-refractivity contribution is 7.47. The molecule has 0 aliphatic rings. The van der Waals surface area contributed by atoms with Crippen LogP contribution in [0.4, 0.5) is 0 Å². The Morgan fingerprint density at radius 2 is 0.417 bits per heavy atom. The molecule has 0 bridgehead atoms. The first kappa shape index (κ1) is 106. The van der Waals surface area contributed by atoms with Crippen LogP contribution in [0.3, 0.4) is 0 Å². The fourth-order valence-electron chi connectivity index (χ4n) is 13.7. The second kappa shape index (κ2) is 77.6. The van der Waals surface area contributed by atoms with Gasteiger partial charge in [0.15, 0.2) is 12.2 Å². The Morgan fingerprint density at radius 1 is 0.250 bits per heavy atom. The second-order valence-corrected chi connectivity index (χ2v) is 35.9. The fourth-order valence-corrected chi connectivity index (χ4v) is 15.3. The van der Waals surface area contributed by atoms with Crippen LogP contribution in [-0.2, 0) is 65.4 Å². The van der Waals surface area contributed by atoms with Crippen LogP contribution in [0.25, 0.3) is 0 Å². The van der Waals surface area contributed by atoms with E-state index in [1.54, 1.807) is 0 Å². The molecule has 0 spiro atoms. The van der Waals surface area contributed by atoms with Crippen molar-refractivity contribution in [1.82, 2.24) is 0 Å². The van der Waals surface area contributed by atoms with Crippen molar-refractivity contribution in [3.05, 3.63) is 0 Å². The molecule has 0 amide bonds. The van der Waals surface area contributed by atoms with E-state index in [0.717, 1.165) is 120 Å². The van der Waals surface area contributed by atoms with E-state index < -0.39 is 97.5 Å². The molecule has 0 radical (unpaired) electrons. The van der Waals surface area contributed by atoms with Gasteiger partial charge in [-0.05, 0) is 49.4 Å². The van der Waals surface area contributed by atoms with Gasteiger partial charge in [-0.15, -0.1) is 0 Å². The third-order valence-corrected chi connectivity index (χ3v) is 24.2. The van der Waals surface area contributed by atoms with E-state index in [0.29, 0.717) is 25.7 Å². The van der Waals surface area contributed by atoms with Crippen molar-refractivity contribution in [2.75, 3.05) is 39.6 Å². The number of aliphatic hydroxyl groups excluding tert-OH is 1. The van der Waals surface area contributed by atoms with Crippen LogP contribution < -0.4 is 0 Å². The van der Waals surface area contributed by atoms with Crippen LogP contribution in [0.1, 0.15) is 466 Å². The lowest BCUT2D eigenvalue weighted by atomic mass is 9.99. The molecular formula is C89H174O17P2. The molecule has 17 nitrogen and oxygen atoms in total. The average molecular weight is 1580 g/mol. The number of phosphoric ester groups is 2. The van der Waals surface area contributed by atoms with Crippen LogP contribution >= 0.6 is 15.6 Å². The summed E-state index contributed by atoms with van der Waals surface area (Å²) < 4.78 is 69.0. The molecule has 108 heavy (non-hydrogen) atoms. The zero-order valence-corrected chi connectivity index (χ0v) is 73.3. The van der Waals surface area contributed by atoms with E-state index in [2.05, 4.69) is 55.4 Å². The van der Waals surface area contributed by atoms with Crippen molar-refractivity contribution in [3.8, 4) is 0 Å². The average Bonchev–Trinajstić information content (AvgIpc) is 0.900. The first-order valence-electron chi connectivity index (χ1n) is 45.9. The summed E-state index contributed by atoms with van der Waals surface area (Å²) in [6.45, 7) is 14.4. The topological polar surface area (TPSA) is 237 Å². The lowest BCUT2D eigenvalue weighted by Gasteiger charge is -2.21. The molecule has 642 valence electrons. The third-order valence-electron chi connectivity index (χ3n) is 22.3. The van der Waals surface area contributed by atoms with Gasteiger partial charge in [-0.25, -0.2) is 9.13 Å². The van der Waals surface area contributed by atoms with Crippen molar-refractivity contribution in [3.63, 3.8) is 0 Å². The van der Waals surface area contributed by atoms with Crippen molar-refractivity contribution in [2.45, 2.75) is 485 Å². The number of hydrogen-bond donors (Lipinski definition) is 3. The molecule has 0 aromatic heterocycles. The van der Waals surface area contributed by atoms with Gasteiger partial charge in [-0.3, -0.25) is 37.3 Å². The van der Waals surface area contributed by atoms with Gasteiger partial charge in [-0.2, -0.15) is 0 Å². The van der Waals surface area contributed by atoms with Crippen molar-refractivity contribution >= 4 is 39.5 Å². The molecule has 0 aromatic carbocycles. The number of rotatable bonds is 86. The maximum atomic E-state index is 13.2. The van der Waals surface area contributed by atoms with Gasteiger partial charge < -0.3 is 33.8 Å². The Morgan fingerprint density at radius 3 is 0.611 bits per heavy atom. The quantitative estimate of drug-likeness (QED) is 0.0222. The highest BCUT2D eigenvalue weighted by Gasteiger charge is 2.31. The molecule has 0 heterocycles. The second-order valence-electron chi connectivity index (χ2n) is 33.0. The Kier molecular flexibility index (Phi) is 76.2. The zero-order valence-electron chi connectivity index (χ0n) is 71.5. The summed E-state index contributed by atoms with van der Waals surface area (Å²) in [5, 5.41) is 10.7. The normalized spacial score (nSPS) is 14.9. The summed E-state index contributed by atoms with van der Waals surface area (Å²) in [5.74, 6) is 1.18. The molecule has 0 saturated carbocycles. The minimum absolute atomic E-state index is 0.107. The Hall–Kier alpha value is -1.94. The first-order chi connectivity index (χ1) is 52.2. The molecule has 3 N–H and O–H groups in total. The molecule has 19 heteroatoms. The monoisotopic (exact) mass is 1580 g/mol. The van der Waals surface area contributed by atoms with E-state index in [4.69, 9.17) is 37.0 Å².